The van der Waals surface area contributed by atoms with E-state index in [-0.39, 0.29) is 11.1 Å². The summed E-state index contributed by atoms with van der Waals surface area (Å²) >= 11 is 0. The van der Waals surface area contributed by atoms with Crippen LogP contribution in [0.4, 0.5) is 4.39 Å². The smallest absolute Gasteiger partial charge is 0.269 e. The van der Waals surface area contributed by atoms with Crippen molar-refractivity contribution in [1.29, 1.82) is 0 Å². The van der Waals surface area contributed by atoms with Gasteiger partial charge in [-0.25, -0.2) is 9.37 Å². The predicted octanol–water partition coefficient (Wildman–Crippen LogP) is 2.55. The molecule has 24 heavy (non-hydrogen) atoms. The fourth-order valence-corrected chi connectivity index (χ4v) is 2.45. The van der Waals surface area contributed by atoms with E-state index >= 15 is 0 Å². The second-order valence-electron chi connectivity index (χ2n) is 4.96. The van der Waals surface area contributed by atoms with Gasteiger partial charge in [-0.15, -0.1) is 0 Å². The van der Waals surface area contributed by atoms with Gasteiger partial charge in [0.05, 0.1) is 32.5 Å². The Morgan fingerprint density at radius 3 is 2.38 bits per heavy atom. The van der Waals surface area contributed by atoms with Crippen LogP contribution >= 0.6 is 0 Å². The molecule has 0 bridgehead atoms. The molecule has 1 heterocycles. The van der Waals surface area contributed by atoms with E-state index in [4.69, 9.17) is 14.2 Å². The summed E-state index contributed by atoms with van der Waals surface area (Å²) in [6.07, 6.45) is 1.27. The van der Waals surface area contributed by atoms with Crippen LogP contribution in [0.3, 0.4) is 0 Å². The first-order chi connectivity index (χ1) is 11.6. The summed E-state index contributed by atoms with van der Waals surface area (Å²) < 4.78 is 30.8. The summed E-state index contributed by atoms with van der Waals surface area (Å²) in [6.45, 7) is 0. The maximum Gasteiger partial charge on any atom is 0.269 e. The van der Waals surface area contributed by atoms with Crippen LogP contribution in [0.5, 0.6) is 17.2 Å². The molecule has 0 radical (unpaired) electrons. The van der Waals surface area contributed by atoms with Crippen molar-refractivity contribution in [1.82, 2.24) is 9.55 Å². The van der Waals surface area contributed by atoms with Crippen LogP contribution in [0.25, 0.3) is 16.6 Å². The minimum absolute atomic E-state index is 0.0769. The van der Waals surface area contributed by atoms with Gasteiger partial charge < -0.3 is 14.2 Å². The number of rotatable bonds is 4. The molecule has 0 saturated carbocycles. The van der Waals surface area contributed by atoms with Crippen molar-refractivity contribution in [3.63, 3.8) is 0 Å². The number of hydrogen-bond donors (Lipinski definition) is 0. The number of nitrogens with zero attached hydrogens (tertiary/aromatic N) is 2. The van der Waals surface area contributed by atoms with Gasteiger partial charge in [0, 0.05) is 18.2 Å². The van der Waals surface area contributed by atoms with Gasteiger partial charge in [0.25, 0.3) is 5.56 Å². The summed E-state index contributed by atoms with van der Waals surface area (Å²) in [4.78, 5) is 17.0. The first kappa shape index (κ1) is 15.8. The monoisotopic (exact) mass is 330 g/mol. The average molecular weight is 330 g/mol. The van der Waals surface area contributed by atoms with E-state index in [9.17, 15) is 9.18 Å². The first-order valence-corrected chi connectivity index (χ1v) is 7.06. The molecule has 0 aliphatic heterocycles. The Hall–Kier alpha value is -3.09. The maximum absolute atomic E-state index is 14.3. The Morgan fingerprint density at radius 2 is 1.75 bits per heavy atom. The van der Waals surface area contributed by atoms with Crippen molar-refractivity contribution in [3.8, 4) is 22.9 Å². The number of aromatic nitrogens is 2. The van der Waals surface area contributed by atoms with E-state index in [1.165, 1.54) is 39.8 Å². The molecule has 0 amide bonds. The molecule has 6 nitrogen and oxygen atoms in total. The highest BCUT2D eigenvalue weighted by molar-refractivity contribution is 5.86. The molecule has 3 aromatic rings. The van der Waals surface area contributed by atoms with Gasteiger partial charge in [0.1, 0.15) is 29.0 Å². The summed E-state index contributed by atoms with van der Waals surface area (Å²) in [6, 6.07) is 7.44. The van der Waals surface area contributed by atoms with Crippen molar-refractivity contribution in [2.24, 2.45) is 0 Å². The van der Waals surface area contributed by atoms with E-state index < -0.39 is 11.4 Å². The Labute approximate surface area is 137 Å². The second kappa shape index (κ2) is 6.19. The number of fused-ring (bicyclic) bond motifs is 1. The zero-order valence-corrected chi connectivity index (χ0v) is 13.4. The van der Waals surface area contributed by atoms with Gasteiger partial charge in [-0.3, -0.25) is 9.36 Å². The van der Waals surface area contributed by atoms with Gasteiger partial charge >= 0.3 is 0 Å². The largest absolute Gasteiger partial charge is 0.497 e. The third-order valence-electron chi connectivity index (χ3n) is 3.67. The highest BCUT2D eigenvalue weighted by atomic mass is 19.1. The fraction of sp³-hybridized carbons (Fsp3) is 0.176. The zero-order valence-electron chi connectivity index (χ0n) is 13.4. The summed E-state index contributed by atoms with van der Waals surface area (Å²) in [5.74, 6) is 0.593. The van der Waals surface area contributed by atoms with E-state index in [1.807, 2.05) is 0 Å². The number of methoxy groups -OCH3 is 3. The third-order valence-corrected chi connectivity index (χ3v) is 3.67. The standard InChI is InChI=1S/C17H15FN2O4/c1-22-10-4-5-14(12(18)6-10)20-9-19-13-7-11(23-2)8-15(24-3)16(13)17(20)21/h4-9H,1-3H3. The average Bonchev–Trinajstić information content (AvgIpc) is 2.61. The minimum atomic E-state index is -0.593. The molecule has 0 fully saturated rings. The van der Waals surface area contributed by atoms with Gasteiger partial charge in [0.2, 0.25) is 0 Å². The molecule has 0 aliphatic rings. The lowest BCUT2D eigenvalue weighted by atomic mass is 10.2. The molecule has 0 saturated heterocycles. The van der Waals surface area contributed by atoms with E-state index in [1.54, 1.807) is 18.2 Å². The minimum Gasteiger partial charge on any atom is -0.497 e. The SMILES string of the molecule is COc1ccc(-n2cnc3cc(OC)cc(OC)c3c2=O)c(F)c1. The molecule has 124 valence electrons. The van der Waals surface area contributed by atoms with Crippen LogP contribution in [0, 0.1) is 5.82 Å². The fourth-order valence-electron chi connectivity index (χ4n) is 2.45. The van der Waals surface area contributed by atoms with Gasteiger partial charge in [0.15, 0.2) is 5.82 Å². The second-order valence-corrected chi connectivity index (χ2v) is 4.96. The normalized spacial score (nSPS) is 10.7. The van der Waals surface area contributed by atoms with Crippen molar-refractivity contribution in [3.05, 3.63) is 52.8 Å². The van der Waals surface area contributed by atoms with Gasteiger partial charge in [-0.1, -0.05) is 0 Å². The number of halogens is 1. The summed E-state index contributed by atoms with van der Waals surface area (Å²) in [5, 5.41) is 0.246. The zero-order chi connectivity index (χ0) is 17.3. The summed E-state index contributed by atoms with van der Waals surface area (Å²) in [5.41, 5.74) is 0.0398. The van der Waals surface area contributed by atoms with Crippen LogP contribution in [-0.2, 0) is 0 Å². The maximum atomic E-state index is 14.3. The third kappa shape index (κ3) is 2.54. The van der Waals surface area contributed by atoms with Crippen LogP contribution in [0.1, 0.15) is 0 Å². The number of benzene rings is 2. The number of ether oxygens (including phenoxy) is 3. The molecule has 1 aromatic heterocycles. The lowest BCUT2D eigenvalue weighted by molar-refractivity contribution is 0.397. The highest BCUT2D eigenvalue weighted by Crippen LogP contribution is 2.28. The van der Waals surface area contributed by atoms with Crippen molar-refractivity contribution >= 4 is 10.9 Å². The predicted molar refractivity (Wildman–Crippen MR) is 87.0 cm³/mol. The molecular weight excluding hydrogens is 315 g/mol. The molecular formula is C17H15FN2O4. The molecule has 0 aliphatic carbocycles. The molecule has 0 spiro atoms. The van der Waals surface area contributed by atoms with Crippen molar-refractivity contribution in [2.45, 2.75) is 0 Å². The Kier molecular flexibility index (Phi) is 4.07. The summed E-state index contributed by atoms with van der Waals surface area (Å²) in [7, 11) is 4.39. The van der Waals surface area contributed by atoms with Crippen molar-refractivity contribution < 1.29 is 18.6 Å². The lowest BCUT2D eigenvalue weighted by Crippen LogP contribution is -2.20. The molecule has 0 N–H and O–H groups in total. The topological polar surface area (TPSA) is 62.6 Å². The van der Waals surface area contributed by atoms with Crippen LogP contribution in [0.2, 0.25) is 0 Å². The highest BCUT2D eigenvalue weighted by Gasteiger charge is 2.15. The Bertz CT molecular complexity index is 969. The van der Waals surface area contributed by atoms with Crippen LogP contribution in [0.15, 0.2) is 41.5 Å². The molecule has 0 unspecified atom stereocenters. The lowest BCUT2D eigenvalue weighted by Gasteiger charge is -2.12. The van der Waals surface area contributed by atoms with Gasteiger partial charge in [-0.2, -0.15) is 0 Å². The Morgan fingerprint density at radius 1 is 1.00 bits per heavy atom. The Balaban J connectivity index is 2.28. The van der Waals surface area contributed by atoms with E-state index in [2.05, 4.69) is 4.98 Å². The molecule has 0 atom stereocenters. The molecule has 3 rings (SSSR count). The van der Waals surface area contributed by atoms with Crippen LogP contribution < -0.4 is 19.8 Å². The molecule has 7 heteroatoms. The van der Waals surface area contributed by atoms with Crippen LogP contribution in [-0.4, -0.2) is 30.9 Å². The van der Waals surface area contributed by atoms with E-state index in [0.29, 0.717) is 22.8 Å². The molecule has 2 aromatic carbocycles. The van der Waals surface area contributed by atoms with Gasteiger partial charge in [-0.05, 0) is 12.1 Å². The van der Waals surface area contributed by atoms with E-state index in [0.717, 1.165) is 4.57 Å². The quantitative estimate of drug-likeness (QED) is 0.736. The first-order valence-electron chi connectivity index (χ1n) is 7.06. The van der Waals surface area contributed by atoms with Crippen molar-refractivity contribution in [2.75, 3.05) is 21.3 Å². The number of hydrogen-bond acceptors (Lipinski definition) is 5.